The van der Waals surface area contributed by atoms with Crippen LogP contribution in [0.5, 0.6) is 17.2 Å². The summed E-state index contributed by atoms with van der Waals surface area (Å²) in [7, 11) is 3.03. The number of carbonyl (C=O) groups is 2. The number of benzene rings is 2. The van der Waals surface area contributed by atoms with Crippen LogP contribution in [0.1, 0.15) is 11.8 Å². The lowest BCUT2D eigenvalue weighted by Gasteiger charge is -2.17. The average molecular weight is 451 g/mol. The van der Waals surface area contributed by atoms with Gasteiger partial charge in [0.25, 0.3) is 11.8 Å². The van der Waals surface area contributed by atoms with Gasteiger partial charge < -0.3 is 19.5 Å². The lowest BCUT2D eigenvalue weighted by molar-refractivity contribution is -0.120. The molecule has 0 fully saturated rings. The molecule has 8 heteroatoms. The minimum Gasteiger partial charge on any atom is -0.494 e. The van der Waals surface area contributed by atoms with E-state index in [0.29, 0.717) is 39.9 Å². The summed E-state index contributed by atoms with van der Waals surface area (Å²) in [5, 5.41) is 5.01. The molecule has 1 N–H and O–H groups in total. The van der Waals surface area contributed by atoms with Crippen LogP contribution in [0.15, 0.2) is 65.7 Å². The van der Waals surface area contributed by atoms with Gasteiger partial charge in [0, 0.05) is 16.6 Å². The number of methoxy groups -OCH3 is 2. The summed E-state index contributed by atoms with van der Waals surface area (Å²) in [6, 6.07) is 15.8. The molecule has 0 radical (unpaired) electrons. The molecule has 1 aromatic heterocycles. The first kappa shape index (κ1) is 21.5. The van der Waals surface area contributed by atoms with E-state index < -0.39 is 11.8 Å². The fraction of sp³-hybridized carbons (Fsp3) is 0.167. The molecule has 4 rings (SSSR count). The van der Waals surface area contributed by atoms with Crippen molar-refractivity contribution >= 4 is 40.1 Å². The maximum atomic E-state index is 13.4. The minimum atomic E-state index is -0.445. The third-order valence-electron chi connectivity index (χ3n) is 4.91. The Morgan fingerprint density at radius 2 is 1.69 bits per heavy atom. The number of amides is 2. The van der Waals surface area contributed by atoms with Crippen molar-refractivity contribution in [1.29, 1.82) is 0 Å². The number of hydrogen-bond acceptors (Lipinski definition) is 7. The summed E-state index contributed by atoms with van der Waals surface area (Å²) < 4.78 is 16.1. The molecule has 0 bridgehead atoms. The summed E-state index contributed by atoms with van der Waals surface area (Å²) in [5.41, 5.74) is 1.62. The van der Waals surface area contributed by atoms with Crippen LogP contribution in [-0.4, -0.2) is 32.6 Å². The van der Waals surface area contributed by atoms with Crippen LogP contribution >= 0.6 is 11.3 Å². The van der Waals surface area contributed by atoms with Gasteiger partial charge in [-0.05, 0) is 54.8 Å². The number of hydrogen-bond donors (Lipinski definition) is 1. The molecule has 0 spiro atoms. The predicted octanol–water partition coefficient (Wildman–Crippen LogP) is 4.56. The number of anilines is 2. The van der Waals surface area contributed by atoms with Crippen LogP contribution < -0.4 is 24.4 Å². The van der Waals surface area contributed by atoms with E-state index >= 15 is 0 Å². The number of thiophene rings is 1. The van der Waals surface area contributed by atoms with Crippen molar-refractivity contribution in [2.75, 3.05) is 31.0 Å². The Balaban J connectivity index is 1.73. The molecular formula is C24H22N2O5S. The quantitative estimate of drug-likeness (QED) is 0.507. The van der Waals surface area contributed by atoms with E-state index in [1.165, 1.54) is 25.6 Å². The Bertz CT molecular complexity index is 1170. The van der Waals surface area contributed by atoms with E-state index in [0.717, 1.165) is 10.6 Å². The lowest BCUT2D eigenvalue weighted by atomic mass is 10.2. The van der Waals surface area contributed by atoms with E-state index in [9.17, 15) is 9.59 Å². The Labute approximate surface area is 189 Å². The number of rotatable bonds is 8. The van der Waals surface area contributed by atoms with Crippen LogP contribution in [0.25, 0.3) is 5.57 Å². The van der Waals surface area contributed by atoms with Crippen LogP contribution in [0.2, 0.25) is 0 Å². The maximum absolute atomic E-state index is 13.4. The molecular weight excluding hydrogens is 428 g/mol. The molecule has 164 valence electrons. The second kappa shape index (κ2) is 9.15. The third-order valence-corrected chi connectivity index (χ3v) is 5.80. The third kappa shape index (κ3) is 3.92. The molecule has 2 amide bonds. The Kier molecular flexibility index (Phi) is 6.13. The first-order valence-electron chi connectivity index (χ1n) is 9.96. The summed E-state index contributed by atoms with van der Waals surface area (Å²) in [4.78, 5) is 28.7. The number of nitrogens with one attached hydrogen (secondary N) is 1. The maximum Gasteiger partial charge on any atom is 0.282 e. The molecule has 0 saturated heterocycles. The van der Waals surface area contributed by atoms with Crippen molar-refractivity contribution in [3.8, 4) is 17.2 Å². The van der Waals surface area contributed by atoms with Gasteiger partial charge in [0.15, 0.2) is 11.5 Å². The monoisotopic (exact) mass is 450 g/mol. The van der Waals surface area contributed by atoms with Gasteiger partial charge in [0.2, 0.25) is 0 Å². The van der Waals surface area contributed by atoms with Gasteiger partial charge in [-0.3, -0.25) is 9.59 Å². The molecule has 32 heavy (non-hydrogen) atoms. The summed E-state index contributed by atoms with van der Waals surface area (Å²) >= 11 is 1.40. The van der Waals surface area contributed by atoms with Gasteiger partial charge in [-0.2, -0.15) is 0 Å². The van der Waals surface area contributed by atoms with Crippen molar-refractivity contribution in [3.05, 3.63) is 70.6 Å². The van der Waals surface area contributed by atoms with Crippen molar-refractivity contribution in [2.24, 2.45) is 0 Å². The van der Waals surface area contributed by atoms with Gasteiger partial charge in [0.05, 0.1) is 32.1 Å². The van der Waals surface area contributed by atoms with E-state index in [4.69, 9.17) is 14.2 Å². The number of carbonyl (C=O) groups excluding carboxylic acids is 2. The first-order chi connectivity index (χ1) is 15.6. The van der Waals surface area contributed by atoms with Gasteiger partial charge in [-0.15, -0.1) is 11.3 Å². The molecule has 1 aliphatic rings. The molecule has 7 nitrogen and oxygen atoms in total. The SMILES string of the molecule is CCOc1ccc(NC2=C(c3cccs3)C(=O)N(c3ccc(OC)c(OC)c3)C2=O)cc1. The van der Waals surface area contributed by atoms with Gasteiger partial charge in [0.1, 0.15) is 11.4 Å². The van der Waals surface area contributed by atoms with Gasteiger partial charge in [-0.25, -0.2) is 4.90 Å². The van der Waals surface area contributed by atoms with Crippen LogP contribution in [-0.2, 0) is 9.59 Å². The van der Waals surface area contributed by atoms with Crippen LogP contribution in [0, 0.1) is 0 Å². The summed E-state index contributed by atoms with van der Waals surface area (Å²) in [6.45, 7) is 2.48. The molecule has 1 aliphatic heterocycles. The highest BCUT2D eigenvalue weighted by molar-refractivity contribution is 7.11. The average Bonchev–Trinajstić information content (AvgIpc) is 3.41. The number of nitrogens with zero attached hydrogens (tertiary/aromatic N) is 1. The Hall–Kier alpha value is -3.78. The Morgan fingerprint density at radius 3 is 2.31 bits per heavy atom. The highest BCUT2D eigenvalue weighted by Crippen LogP contribution is 2.38. The smallest absolute Gasteiger partial charge is 0.282 e. The van der Waals surface area contributed by atoms with Crippen molar-refractivity contribution in [3.63, 3.8) is 0 Å². The lowest BCUT2D eigenvalue weighted by Crippen LogP contribution is -2.32. The molecule has 0 aliphatic carbocycles. The normalized spacial score (nSPS) is 13.5. The van der Waals surface area contributed by atoms with E-state index in [1.54, 1.807) is 30.3 Å². The second-order valence-electron chi connectivity index (χ2n) is 6.79. The van der Waals surface area contributed by atoms with E-state index in [-0.39, 0.29) is 5.70 Å². The first-order valence-corrected chi connectivity index (χ1v) is 10.8. The zero-order valence-electron chi connectivity index (χ0n) is 17.9. The van der Waals surface area contributed by atoms with Crippen molar-refractivity contribution < 1.29 is 23.8 Å². The predicted molar refractivity (Wildman–Crippen MR) is 125 cm³/mol. The van der Waals surface area contributed by atoms with E-state index in [2.05, 4.69) is 5.32 Å². The topological polar surface area (TPSA) is 77.1 Å². The Morgan fingerprint density at radius 1 is 0.938 bits per heavy atom. The highest BCUT2D eigenvalue weighted by Gasteiger charge is 2.41. The number of imide groups is 1. The van der Waals surface area contributed by atoms with E-state index in [1.807, 2.05) is 36.6 Å². The minimum absolute atomic E-state index is 0.219. The molecule has 0 atom stereocenters. The molecule has 2 aromatic carbocycles. The molecule has 2 heterocycles. The fourth-order valence-electron chi connectivity index (χ4n) is 3.44. The molecule has 0 unspecified atom stereocenters. The summed E-state index contributed by atoms with van der Waals surface area (Å²) in [6.07, 6.45) is 0. The van der Waals surface area contributed by atoms with Crippen LogP contribution in [0.4, 0.5) is 11.4 Å². The molecule has 3 aromatic rings. The zero-order valence-corrected chi connectivity index (χ0v) is 18.7. The van der Waals surface area contributed by atoms with Crippen molar-refractivity contribution in [2.45, 2.75) is 6.92 Å². The summed E-state index contributed by atoms with van der Waals surface area (Å²) in [5.74, 6) is 0.814. The zero-order chi connectivity index (χ0) is 22.7. The van der Waals surface area contributed by atoms with Crippen molar-refractivity contribution in [1.82, 2.24) is 0 Å². The van der Waals surface area contributed by atoms with Crippen LogP contribution in [0.3, 0.4) is 0 Å². The standard InChI is InChI=1S/C24H22N2O5S/c1-4-31-17-10-7-15(8-11-17)25-22-21(20-6-5-13-32-20)23(27)26(24(22)28)16-9-12-18(29-2)19(14-16)30-3/h5-14,25H,4H2,1-3H3. The van der Waals surface area contributed by atoms with Gasteiger partial charge in [-0.1, -0.05) is 6.07 Å². The van der Waals surface area contributed by atoms with Gasteiger partial charge >= 0.3 is 0 Å². The largest absolute Gasteiger partial charge is 0.494 e. The molecule has 0 saturated carbocycles. The second-order valence-corrected chi connectivity index (χ2v) is 7.74. The highest BCUT2D eigenvalue weighted by atomic mass is 32.1. The number of ether oxygens (including phenoxy) is 3. The fourth-order valence-corrected chi connectivity index (χ4v) is 4.21.